The summed E-state index contributed by atoms with van der Waals surface area (Å²) in [6.45, 7) is 3.89. The summed E-state index contributed by atoms with van der Waals surface area (Å²) in [5.74, 6) is -0.602. The van der Waals surface area contributed by atoms with E-state index in [0.717, 1.165) is 16.8 Å². The van der Waals surface area contributed by atoms with E-state index >= 15 is 0 Å². The average Bonchev–Trinajstić information content (AvgIpc) is 2.72. The number of hydrogen-bond acceptors (Lipinski definition) is 5. The van der Waals surface area contributed by atoms with Gasteiger partial charge < -0.3 is 10.1 Å². The molecule has 0 saturated heterocycles. The number of esters is 1. The molecule has 112 valence electrons. The molecule has 1 amide bonds. The van der Waals surface area contributed by atoms with Crippen LogP contribution in [0.3, 0.4) is 0 Å². The number of carbonyl (C=O) groups excluding carboxylic acids is 2. The summed E-state index contributed by atoms with van der Waals surface area (Å²) in [4.78, 5) is 27.8. The summed E-state index contributed by atoms with van der Waals surface area (Å²) in [6.07, 6.45) is 0.140. The highest BCUT2D eigenvalue weighted by atomic mass is 16.5. The molecule has 0 spiro atoms. The molecule has 7 heteroatoms. The summed E-state index contributed by atoms with van der Waals surface area (Å²) in [7, 11) is 3.11. The lowest BCUT2D eigenvalue weighted by atomic mass is 10.1. The summed E-state index contributed by atoms with van der Waals surface area (Å²) < 4.78 is 6.19. The van der Waals surface area contributed by atoms with E-state index in [1.54, 1.807) is 17.8 Å². The Hall–Kier alpha value is -2.44. The predicted octanol–water partition coefficient (Wildman–Crippen LogP) is 0.878. The lowest BCUT2D eigenvalue weighted by molar-refractivity contribution is -0.140. The van der Waals surface area contributed by atoms with Crippen LogP contribution >= 0.6 is 0 Å². The van der Waals surface area contributed by atoms with Gasteiger partial charge in [-0.1, -0.05) is 0 Å². The Kier molecular flexibility index (Phi) is 4.21. The maximum Gasteiger partial charge on any atom is 0.307 e. The molecule has 0 bridgehead atoms. The zero-order valence-electron chi connectivity index (χ0n) is 12.6. The van der Waals surface area contributed by atoms with Gasteiger partial charge in [0.05, 0.1) is 30.2 Å². The molecule has 2 aromatic heterocycles. The van der Waals surface area contributed by atoms with Crippen molar-refractivity contribution < 1.29 is 14.3 Å². The second-order valence-electron chi connectivity index (χ2n) is 4.80. The standard InChI is InChI=1S/C14H18N4O3/c1-8-7-10(14(20)15-6-5-11(19)21-4)12-9(2)17-18(3)13(12)16-8/h7H,5-6H2,1-4H3,(H,15,20). The number of amides is 1. The lowest BCUT2D eigenvalue weighted by Gasteiger charge is -2.07. The number of rotatable bonds is 4. The van der Waals surface area contributed by atoms with Gasteiger partial charge in [0, 0.05) is 19.3 Å². The molecule has 7 nitrogen and oxygen atoms in total. The molecule has 0 aromatic carbocycles. The van der Waals surface area contributed by atoms with Crippen molar-refractivity contribution >= 4 is 22.9 Å². The van der Waals surface area contributed by atoms with E-state index < -0.39 is 0 Å². The maximum atomic E-state index is 12.3. The van der Waals surface area contributed by atoms with Crippen molar-refractivity contribution in [1.29, 1.82) is 0 Å². The third-order valence-corrected chi connectivity index (χ3v) is 3.18. The molecule has 0 aliphatic heterocycles. The Morgan fingerprint density at radius 3 is 2.76 bits per heavy atom. The third-order valence-electron chi connectivity index (χ3n) is 3.18. The lowest BCUT2D eigenvalue weighted by Crippen LogP contribution is -2.26. The number of aromatic nitrogens is 3. The second kappa shape index (κ2) is 5.90. The number of nitrogens with zero attached hydrogens (tertiary/aromatic N) is 3. The largest absolute Gasteiger partial charge is 0.469 e. The van der Waals surface area contributed by atoms with Crippen molar-refractivity contribution in [2.45, 2.75) is 20.3 Å². The van der Waals surface area contributed by atoms with Gasteiger partial charge in [-0.15, -0.1) is 0 Å². The first-order valence-electron chi connectivity index (χ1n) is 6.60. The molecule has 2 heterocycles. The van der Waals surface area contributed by atoms with E-state index in [1.165, 1.54) is 7.11 Å². The van der Waals surface area contributed by atoms with Crippen LogP contribution in [-0.4, -0.2) is 40.3 Å². The van der Waals surface area contributed by atoms with Crippen LogP contribution in [0.2, 0.25) is 0 Å². The van der Waals surface area contributed by atoms with Gasteiger partial charge in [-0.05, 0) is 19.9 Å². The van der Waals surface area contributed by atoms with Crippen LogP contribution in [0.5, 0.6) is 0 Å². The van der Waals surface area contributed by atoms with Gasteiger partial charge in [-0.2, -0.15) is 5.10 Å². The molecule has 0 aliphatic carbocycles. The van der Waals surface area contributed by atoms with E-state index in [1.807, 2.05) is 13.8 Å². The number of aryl methyl sites for hydroxylation is 3. The zero-order chi connectivity index (χ0) is 15.6. The number of ether oxygens (including phenoxy) is 1. The maximum absolute atomic E-state index is 12.3. The smallest absolute Gasteiger partial charge is 0.307 e. The molecule has 0 atom stereocenters. The van der Waals surface area contributed by atoms with Crippen LogP contribution in [0, 0.1) is 13.8 Å². The Morgan fingerprint density at radius 1 is 1.38 bits per heavy atom. The fourth-order valence-electron chi connectivity index (χ4n) is 2.22. The van der Waals surface area contributed by atoms with E-state index in [0.29, 0.717) is 11.2 Å². The molecule has 2 rings (SSSR count). The molecule has 0 radical (unpaired) electrons. The molecular formula is C14H18N4O3. The number of nitrogens with one attached hydrogen (secondary N) is 1. The van der Waals surface area contributed by atoms with Gasteiger partial charge in [0.1, 0.15) is 0 Å². The summed E-state index contributed by atoms with van der Waals surface area (Å²) >= 11 is 0. The second-order valence-corrected chi connectivity index (χ2v) is 4.80. The molecule has 21 heavy (non-hydrogen) atoms. The van der Waals surface area contributed by atoms with Crippen molar-refractivity contribution in [3.8, 4) is 0 Å². The number of methoxy groups -OCH3 is 1. The van der Waals surface area contributed by atoms with Crippen LogP contribution in [0.25, 0.3) is 11.0 Å². The van der Waals surface area contributed by atoms with Crippen LogP contribution < -0.4 is 5.32 Å². The highest BCUT2D eigenvalue weighted by molar-refractivity contribution is 6.06. The molecule has 0 fully saturated rings. The van der Waals surface area contributed by atoms with Crippen LogP contribution in [0.15, 0.2) is 6.07 Å². The molecular weight excluding hydrogens is 272 g/mol. The number of carbonyl (C=O) groups is 2. The van der Waals surface area contributed by atoms with Crippen molar-refractivity contribution in [2.75, 3.05) is 13.7 Å². The Balaban J connectivity index is 2.28. The highest BCUT2D eigenvalue weighted by Crippen LogP contribution is 2.21. The minimum absolute atomic E-state index is 0.140. The van der Waals surface area contributed by atoms with Gasteiger partial charge in [0.15, 0.2) is 5.65 Å². The topological polar surface area (TPSA) is 86.1 Å². The van der Waals surface area contributed by atoms with Crippen LogP contribution in [0.1, 0.15) is 28.2 Å². The normalized spacial score (nSPS) is 10.7. The number of fused-ring (bicyclic) bond motifs is 1. The molecule has 0 saturated carbocycles. The van der Waals surface area contributed by atoms with Crippen LogP contribution in [0.4, 0.5) is 0 Å². The summed E-state index contributed by atoms with van der Waals surface area (Å²) in [6, 6.07) is 1.73. The first-order chi connectivity index (χ1) is 9.93. The van der Waals surface area contributed by atoms with E-state index in [9.17, 15) is 9.59 Å². The quantitative estimate of drug-likeness (QED) is 0.845. The molecule has 1 N–H and O–H groups in total. The van der Waals surface area contributed by atoms with E-state index in [-0.39, 0.29) is 24.8 Å². The Morgan fingerprint density at radius 2 is 2.10 bits per heavy atom. The third kappa shape index (κ3) is 3.01. The van der Waals surface area contributed by atoms with Crippen molar-refractivity contribution in [1.82, 2.24) is 20.1 Å². The van der Waals surface area contributed by atoms with Crippen molar-refractivity contribution in [3.05, 3.63) is 23.0 Å². The van der Waals surface area contributed by atoms with Gasteiger partial charge in [0.25, 0.3) is 5.91 Å². The monoisotopic (exact) mass is 290 g/mol. The molecule has 2 aromatic rings. The molecule has 0 aliphatic rings. The number of pyridine rings is 1. The first-order valence-corrected chi connectivity index (χ1v) is 6.60. The molecule has 0 unspecified atom stereocenters. The van der Waals surface area contributed by atoms with Crippen molar-refractivity contribution in [3.63, 3.8) is 0 Å². The van der Waals surface area contributed by atoms with E-state index in [4.69, 9.17) is 0 Å². The SMILES string of the molecule is COC(=O)CCNC(=O)c1cc(C)nc2c1c(C)nn2C. The van der Waals surface area contributed by atoms with Gasteiger partial charge in [-0.3, -0.25) is 14.3 Å². The Bertz CT molecular complexity index is 706. The van der Waals surface area contributed by atoms with E-state index in [2.05, 4.69) is 20.1 Å². The first kappa shape index (κ1) is 15.0. The zero-order valence-corrected chi connectivity index (χ0v) is 12.6. The predicted molar refractivity (Wildman–Crippen MR) is 76.9 cm³/mol. The minimum atomic E-state index is -0.357. The Labute approximate surface area is 122 Å². The fraction of sp³-hybridized carbons (Fsp3) is 0.429. The summed E-state index contributed by atoms with van der Waals surface area (Å²) in [5, 5.41) is 7.75. The number of hydrogen-bond donors (Lipinski definition) is 1. The highest BCUT2D eigenvalue weighted by Gasteiger charge is 2.17. The van der Waals surface area contributed by atoms with Gasteiger partial charge in [0.2, 0.25) is 0 Å². The average molecular weight is 290 g/mol. The van der Waals surface area contributed by atoms with Crippen molar-refractivity contribution in [2.24, 2.45) is 7.05 Å². The minimum Gasteiger partial charge on any atom is -0.469 e. The van der Waals surface area contributed by atoms with Gasteiger partial charge >= 0.3 is 5.97 Å². The van der Waals surface area contributed by atoms with Gasteiger partial charge in [-0.25, -0.2) is 4.98 Å². The van der Waals surface area contributed by atoms with Crippen LogP contribution in [-0.2, 0) is 16.6 Å². The fourth-order valence-corrected chi connectivity index (χ4v) is 2.22. The summed E-state index contributed by atoms with van der Waals surface area (Å²) in [5.41, 5.74) is 2.68.